The Morgan fingerprint density at radius 3 is 2.14 bits per heavy atom. The number of benzene rings is 1. The standard InChI is InChI=1S/C19H27BrN4O4S/c20-17-6-5-15(29(21,27)28)13-16(17)19(26)24-11-9-22(10-12-24)14-18(25)23-7-3-1-2-4-8-23/h5-6,13H,1-4,7-12,14H2,(H2,21,27,28). The number of rotatable bonds is 4. The van der Waals surface area contributed by atoms with Crippen molar-refractivity contribution in [2.24, 2.45) is 5.14 Å². The van der Waals surface area contributed by atoms with Crippen molar-refractivity contribution in [3.8, 4) is 0 Å². The van der Waals surface area contributed by atoms with Gasteiger partial charge in [0.15, 0.2) is 0 Å². The monoisotopic (exact) mass is 486 g/mol. The number of sulfonamides is 1. The molecule has 0 bridgehead atoms. The highest BCUT2D eigenvalue weighted by molar-refractivity contribution is 9.10. The molecule has 2 heterocycles. The second kappa shape index (κ2) is 9.55. The number of nitrogens with two attached hydrogens (primary N) is 1. The Kier molecular flexibility index (Phi) is 7.31. The minimum atomic E-state index is -3.88. The van der Waals surface area contributed by atoms with Gasteiger partial charge < -0.3 is 9.80 Å². The van der Waals surface area contributed by atoms with Crippen LogP contribution in [-0.4, -0.2) is 80.7 Å². The highest BCUT2D eigenvalue weighted by atomic mass is 79.9. The summed E-state index contributed by atoms with van der Waals surface area (Å²) >= 11 is 3.32. The molecule has 2 N–H and O–H groups in total. The van der Waals surface area contributed by atoms with Crippen LogP contribution in [0.15, 0.2) is 27.6 Å². The molecule has 160 valence electrons. The fourth-order valence-electron chi connectivity index (χ4n) is 3.74. The number of carbonyl (C=O) groups is 2. The number of nitrogens with zero attached hydrogens (tertiary/aromatic N) is 3. The summed E-state index contributed by atoms with van der Waals surface area (Å²) in [5.41, 5.74) is 0.269. The summed E-state index contributed by atoms with van der Waals surface area (Å²) < 4.78 is 23.7. The Morgan fingerprint density at radius 2 is 1.55 bits per heavy atom. The first kappa shape index (κ1) is 22.2. The summed E-state index contributed by atoms with van der Waals surface area (Å²) in [5.74, 6) is -0.0869. The topological polar surface area (TPSA) is 104 Å². The van der Waals surface area contributed by atoms with E-state index in [-0.39, 0.29) is 22.3 Å². The second-order valence-corrected chi connectivity index (χ2v) is 9.97. The third kappa shape index (κ3) is 5.78. The first-order valence-corrected chi connectivity index (χ1v) is 12.2. The largest absolute Gasteiger partial charge is 0.342 e. The van der Waals surface area contributed by atoms with Gasteiger partial charge in [0, 0.05) is 43.7 Å². The Bertz CT molecular complexity index is 861. The van der Waals surface area contributed by atoms with Gasteiger partial charge in [0.25, 0.3) is 5.91 Å². The normalized spacial score (nSPS) is 19.1. The van der Waals surface area contributed by atoms with Crippen LogP contribution >= 0.6 is 15.9 Å². The van der Waals surface area contributed by atoms with Gasteiger partial charge in [-0.05, 0) is 47.0 Å². The molecule has 8 nitrogen and oxygen atoms in total. The third-order valence-corrected chi connectivity index (χ3v) is 7.08. The molecule has 0 spiro atoms. The molecule has 1 aromatic rings. The molecule has 0 saturated carbocycles. The zero-order valence-electron chi connectivity index (χ0n) is 16.3. The molecule has 1 aromatic carbocycles. The average Bonchev–Trinajstić information content (AvgIpc) is 2.97. The first-order valence-electron chi connectivity index (χ1n) is 9.87. The van der Waals surface area contributed by atoms with Crippen molar-refractivity contribution in [2.45, 2.75) is 30.6 Å². The van der Waals surface area contributed by atoms with E-state index >= 15 is 0 Å². The zero-order valence-corrected chi connectivity index (χ0v) is 18.8. The van der Waals surface area contributed by atoms with E-state index in [1.54, 1.807) is 4.90 Å². The molecule has 10 heteroatoms. The predicted molar refractivity (Wildman–Crippen MR) is 113 cm³/mol. The molecule has 2 saturated heterocycles. The van der Waals surface area contributed by atoms with E-state index in [2.05, 4.69) is 20.8 Å². The molecule has 2 amide bonds. The number of halogens is 1. The lowest BCUT2D eigenvalue weighted by Gasteiger charge is -2.35. The Morgan fingerprint density at radius 1 is 0.931 bits per heavy atom. The molecule has 0 atom stereocenters. The van der Waals surface area contributed by atoms with Crippen LogP contribution in [0.3, 0.4) is 0 Å². The molecule has 3 rings (SSSR count). The highest BCUT2D eigenvalue weighted by Crippen LogP contribution is 2.23. The van der Waals surface area contributed by atoms with Crippen molar-refractivity contribution in [3.63, 3.8) is 0 Å². The lowest BCUT2D eigenvalue weighted by atomic mass is 10.2. The summed E-state index contributed by atoms with van der Waals surface area (Å²) in [5, 5.41) is 5.18. The van der Waals surface area contributed by atoms with Gasteiger partial charge >= 0.3 is 0 Å². The molecule has 0 unspecified atom stereocenters. The van der Waals surface area contributed by atoms with E-state index in [0.29, 0.717) is 37.2 Å². The van der Waals surface area contributed by atoms with E-state index in [4.69, 9.17) is 5.14 Å². The van der Waals surface area contributed by atoms with Crippen LogP contribution in [0, 0.1) is 0 Å². The van der Waals surface area contributed by atoms with Crippen LogP contribution in [0.4, 0.5) is 0 Å². The van der Waals surface area contributed by atoms with Gasteiger partial charge in [-0.2, -0.15) is 0 Å². The predicted octanol–water partition coefficient (Wildman–Crippen LogP) is 1.26. The summed E-state index contributed by atoms with van der Waals surface area (Å²) in [4.78, 5) is 31.1. The van der Waals surface area contributed by atoms with Crippen LogP contribution < -0.4 is 5.14 Å². The number of hydrogen-bond donors (Lipinski definition) is 1. The number of piperazine rings is 1. The number of carbonyl (C=O) groups excluding carboxylic acids is 2. The van der Waals surface area contributed by atoms with Gasteiger partial charge in [-0.25, -0.2) is 13.6 Å². The number of primary sulfonamides is 1. The molecule has 0 aliphatic carbocycles. The van der Waals surface area contributed by atoms with Crippen LogP contribution in [0.2, 0.25) is 0 Å². The molecular weight excluding hydrogens is 460 g/mol. The van der Waals surface area contributed by atoms with Crippen LogP contribution in [0.1, 0.15) is 36.0 Å². The summed E-state index contributed by atoms with van der Waals surface area (Å²) in [7, 11) is -3.88. The molecule has 0 radical (unpaired) electrons. The fraction of sp³-hybridized carbons (Fsp3) is 0.579. The Hall–Kier alpha value is -1.49. The maximum Gasteiger partial charge on any atom is 0.255 e. The van der Waals surface area contributed by atoms with Gasteiger partial charge in [-0.15, -0.1) is 0 Å². The molecule has 2 aliphatic rings. The minimum Gasteiger partial charge on any atom is -0.342 e. The molecule has 0 aromatic heterocycles. The van der Waals surface area contributed by atoms with Crippen LogP contribution in [0.5, 0.6) is 0 Å². The van der Waals surface area contributed by atoms with Crippen molar-refractivity contribution in [1.82, 2.24) is 14.7 Å². The quantitative estimate of drug-likeness (QED) is 0.689. The summed E-state index contributed by atoms with van der Waals surface area (Å²) in [6.07, 6.45) is 4.51. The zero-order chi connectivity index (χ0) is 21.0. The maximum atomic E-state index is 12.9. The highest BCUT2D eigenvalue weighted by Gasteiger charge is 2.26. The summed E-state index contributed by atoms with van der Waals surface area (Å²) in [6, 6.07) is 4.18. The fourth-order valence-corrected chi connectivity index (χ4v) is 4.69. The lowest BCUT2D eigenvalue weighted by Crippen LogP contribution is -2.51. The van der Waals surface area contributed by atoms with Crippen molar-refractivity contribution in [2.75, 3.05) is 45.8 Å². The average molecular weight is 487 g/mol. The smallest absolute Gasteiger partial charge is 0.255 e. The number of likely N-dealkylation sites (tertiary alicyclic amines) is 1. The van der Waals surface area contributed by atoms with Crippen molar-refractivity contribution >= 4 is 37.8 Å². The van der Waals surface area contributed by atoms with E-state index < -0.39 is 10.0 Å². The molecule has 29 heavy (non-hydrogen) atoms. The first-order chi connectivity index (χ1) is 13.8. The Balaban J connectivity index is 1.58. The van der Waals surface area contributed by atoms with Crippen LogP contribution in [-0.2, 0) is 14.8 Å². The van der Waals surface area contributed by atoms with Gasteiger partial charge in [-0.3, -0.25) is 14.5 Å². The maximum absolute atomic E-state index is 12.9. The van der Waals surface area contributed by atoms with E-state index in [9.17, 15) is 18.0 Å². The minimum absolute atomic E-state index is 0.0919. The molecule has 2 fully saturated rings. The SMILES string of the molecule is NS(=O)(=O)c1ccc(Br)c(C(=O)N2CCN(CC(=O)N3CCCCCC3)CC2)c1. The third-order valence-electron chi connectivity index (χ3n) is 5.47. The second-order valence-electron chi connectivity index (χ2n) is 7.55. The summed E-state index contributed by atoms with van der Waals surface area (Å²) in [6.45, 7) is 4.25. The van der Waals surface area contributed by atoms with Crippen molar-refractivity contribution in [3.05, 3.63) is 28.2 Å². The lowest BCUT2D eigenvalue weighted by molar-refractivity contribution is -0.132. The van der Waals surface area contributed by atoms with Gasteiger partial charge in [0.05, 0.1) is 17.0 Å². The van der Waals surface area contributed by atoms with Gasteiger partial charge in [0.1, 0.15) is 0 Å². The Labute approximate surface area is 180 Å². The van der Waals surface area contributed by atoms with E-state index in [1.165, 1.54) is 31.0 Å². The van der Waals surface area contributed by atoms with E-state index in [1.807, 2.05) is 4.90 Å². The van der Waals surface area contributed by atoms with E-state index in [0.717, 1.165) is 25.9 Å². The molecular formula is C19H27BrN4O4S. The number of amides is 2. The van der Waals surface area contributed by atoms with Crippen LogP contribution in [0.25, 0.3) is 0 Å². The van der Waals surface area contributed by atoms with Crippen molar-refractivity contribution < 1.29 is 18.0 Å². The van der Waals surface area contributed by atoms with Gasteiger partial charge in [0.2, 0.25) is 15.9 Å². The van der Waals surface area contributed by atoms with Crippen molar-refractivity contribution in [1.29, 1.82) is 0 Å². The number of hydrogen-bond acceptors (Lipinski definition) is 5. The van der Waals surface area contributed by atoms with Gasteiger partial charge in [-0.1, -0.05) is 12.8 Å². The molecule has 2 aliphatic heterocycles.